The van der Waals surface area contributed by atoms with Crippen LogP contribution in [0.1, 0.15) is 39.0 Å². The summed E-state index contributed by atoms with van der Waals surface area (Å²) in [5.41, 5.74) is 2.06. The zero-order valence-corrected chi connectivity index (χ0v) is 14.5. The van der Waals surface area contributed by atoms with Crippen molar-refractivity contribution in [1.29, 1.82) is 0 Å². The number of hydrogen-bond acceptors (Lipinski definition) is 5. The van der Waals surface area contributed by atoms with Crippen LogP contribution in [0.15, 0.2) is 0 Å². The molecular formula is C14H20N2O3S2. The number of aromatic amines is 1. The Hall–Kier alpha value is -1.34. The minimum atomic E-state index is -0.470. The lowest BCUT2D eigenvalue weighted by molar-refractivity contribution is 0.0522. The summed E-state index contributed by atoms with van der Waals surface area (Å²) >= 11 is 6.43. The van der Waals surface area contributed by atoms with E-state index in [1.54, 1.807) is 25.7 Å². The number of Topliss-reactive ketones (excluding diaryl/α,β-unsaturated/α-hetero) is 1. The zero-order valence-electron chi connectivity index (χ0n) is 12.9. The largest absolute Gasteiger partial charge is 0.462 e. The molecule has 0 aliphatic heterocycles. The maximum absolute atomic E-state index is 12.4. The van der Waals surface area contributed by atoms with Gasteiger partial charge in [-0.1, -0.05) is 24.0 Å². The Morgan fingerprint density at radius 1 is 1.24 bits per heavy atom. The number of hydrogen-bond donors (Lipinski definition) is 1. The maximum Gasteiger partial charge on any atom is 0.340 e. The second-order valence-electron chi connectivity index (χ2n) is 4.72. The van der Waals surface area contributed by atoms with Crippen molar-refractivity contribution < 1.29 is 14.3 Å². The Bertz CT molecular complexity index is 565. The van der Waals surface area contributed by atoms with Crippen LogP contribution in [0.3, 0.4) is 0 Å². The molecule has 0 spiro atoms. The van der Waals surface area contributed by atoms with E-state index in [0.717, 1.165) is 0 Å². The predicted octanol–water partition coefficient (Wildman–Crippen LogP) is 2.57. The number of carbonyl (C=O) groups excluding carboxylic acids is 2. The van der Waals surface area contributed by atoms with E-state index in [-0.39, 0.29) is 18.1 Å². The standard InChI is InChI=1S/C14H20N2O3S2/c1-6-19-13(18)12-9(3)15-8(2)11(12)10(17)7-21-14(20)16(4)5/h15H,6-7H2,1-5H3. The Morgan fingerprint density at radius 2 is 1.81 bits per heavy atom. The fraction of sp³-hybridized carbons (Fsp3) is 0.500. The Balaban J connectivity index is 2.99. The highest BCUT2D eigenvalue weighted by atomic mass is 32.2. The molecule has 0 saturated carbocycles. The van der Waals surface area contributed by atoms with Crippen molar-refractivity contribution in [1.82, 2.24) is 9.88 Å². The van der Waals surface area contributed by atoms with Gasteiger partial charge in [0.1, 0.15) is 4.32 Å². The molecule has 0 saturated heterocycles. The molecule has 0 bridgehead atoms. The highest BCUT2D eigenvalue weighted by Crippen LogP contribution is 2.22. The number of carbonyl (C=O) groups is 2. The second kappa shape index (κ2) is 7.61. The molecule has 1 heterocycles. The number of ketones is 1. The molecule has 116 valence electrons. The molecule has 1 aromatic rings. The monoisotopic (exact) mass is 328 g/mol. The van der Waals surface area contributed by atoms with Crippen LogP contribution in [0.4, 0.5) is 0 Å². The minimum absolute atomic E-state index is 0.130. The van der Waals surface area contributed by atoms with Crippen molar-refractivity contribution in [2.45, 2.75) is 20.8 Å². The van der Waals surface area contributed by atoms with E-state index >= 15 is 0 Å². The fourth-order valence-electron chi connectivity index (χ4n) is 1.92. The van der Waals surface area contributed by atoms with Crippen LogP contribution in [0.25, 0.3) is 0 Å². The Morgan fingerprint density at radius 3 is 2.33 bits per heavy atom. The second-order valence-corrected chi connectivity index (χ2v) is 6.33. The van der Waals surface area contributed by atoms with Crippen LogP contribution >= 0.6 is 24.0 Å². The summed E-state index contributed by atoms with van der Waals surface area (Å²) in [6, 6.07) is 0. The van der Waals surface area contributed by atoms with Crippen LogP contribution in [0, 0.1) is 13.8 Å². The van der Waals surface area contributed by atoms with Crippen molar-refractivity contribution in [3.63, 3.8) is 0 Å². The van der Waals surface area contributed by atoms with Crippen molar-refractivity contribution >= 4 is 40.1 Å². The number of aromatic nitrogens is 1. The van der Waals surface area contributed by atoms with E-state index in [1.807, 2.05) is 14.1 Å². The summed E-state index contributed by atoms with van der Waals surface area (Å²) in [5.74, 6) is -0.404. The summed E-state index contributed by atoms with van der Waals surface area (Å²) in [6.45, 7) is 5.54. The summed E-state index contributed by atoms with van der Waals surface area (Å²) < 4.78 is 5.66. The summed E-state index contributed by atoms with van der Waals surface area (Å²) in [4.78, 5) is 29.2. The molecule has 5 nitrogen and oxygen atoms in total. The average Bonchev–Trinajstić information content (AvgIpc) is 2.70. The summed E-state index contributed by atoms with van der Waals surface area (Å²) in [5, 5.41) is 0. The van der Waals surface area contributed by atoms with Gasteiger partial charge in [0, 0.05) is 25.5 Å². The predicted molar refractivity (Wildman–Crippen MR) is 89.3 cm³/mol. The average molecular weight is 328 g/mol. The molecule has 7 heteroatoms. The number of nitrogens with one attached hydrogen (secondary N) is 1. The summed E-state index contributed by atoms with van der Waals surface area (Å²) in [6.07, 6.45) is 0. The smallest absolute Gasteiger partial charge is 0.340 e. The Labute approximate surface area is 134 Å². The van der Waals surface area contributed by atoms with E-state index < -0.39 is 5.97 Å². The van der Waals surface area contributed by atoms with Crippen molar-refractivity contribution in [2.75, 3.05) is 26.5 Å². The van der Waals surface area contributed by atoms with Gasteiger partial charge in [-0.3, -0.25) is 4.79 Å². The van der Waals surface area contributed by atoms with Gasteiger partial charge in [0.2, 0.25) is 0 Å². The molecule has 1 rings (SSSR count). The molecule has 21 heavy (non-hydrogen) atoms. The number of H-pyrrole nitrogens is 1. The van der Waals surface area contributed by atoms with Gasteiger partial charge in [-0.2, -0.15) is 0 Å². The molecule has 0 aliphatic carbocycles. The third kappa shape index (κ3) is 4.31. The first-order chi connectivity index (χ1) is 9.79. The molecule has 1 N–H and O–H groups in total. The lowest BCUT2D eigenvalue weighted by Crippen LogP contribution is -2.19. The molecule has 0 aromatic carbocycles. The maximum atomic E-state index is 12.4. The van der Waals surface area contributed by atoms with Gasteiger partial charge in [-0.15, -0.1) is 0 Å². The van der Waals surface area contributed by atoms with Gasteiger partial charge >= 0.3 is 5.97 Å². The third-order valence-corrected chi connectivity index (χ3v) is 4.56. The van der Waals surface area contributed by atoms with Gasteiger partial charge in [-0.05, 0) is 20.8 Å². The van der Waals surface area contributed by atoms with Gasteiger partial charge in [0.05, 0.1) is 23.5 Å². The topological polar surface area (TPSA) is 62.4 Å². The van der Waals surface area contributed by atoms with E-state index in [1.165, 1.54) is 11.8 Å². The normalized spacial score (nSPS) is 10.3. The highest BCUT2D eigenvalue weighted by Gasteiger charge is 2.25. The first-order valence-corrected chi connectivity index (χ1v) is 7.92. The van der Waals surface area contributed by atoms with E-state index in [2.05, 4.69) is 4.98 Å². The molecule has 0 unspecified atom stereocenters. The van der Waals surface area contributed by atoms with Crippen LogP contribution in [-0.2, 0) is 4.74 Å². The van der Waals surface area contributed by atoms with E-state index in [4.69, 9.17) is 17.0 Å². The molecule has 1 aromatic heterocycles. The lowest BCUT2D eigenvalue weighted by atomic mass is 10.1. The number of ether oxygens (including phenoxy) is 1. The third-order valence-electron chi connectivity index (χ3n) is 2.83. The quantitative estimate of drug-likeness (QED) is 0.509. The van der Waals surface area contributed by atoms with Crippen molar-refractivity contribution in [2.24, 2.45) is 0 Å². The fourth-order valence-corrected chi connectivity index (χ4v) is 2.75. The number of thiocarbonyl (C=S) groups is 1. The first kappa shape index (κ1) is 17.7. The van der Waals surface area contributed by atoms with Gasteiger partial charge in [0.25, 0.3) is 0 Å². The molecule has 0 fully saturated rings. The van der Waals surface area contributed by atoms with E-state index in [0.29, 0.717) is 26.8 Å². The van der Waals surface area contributed by atoms with Crippen LogP contribution in [0.5, 0.6) is 0 Å². The van der Waals surface area contributed by atoms with Crippen molar-refractivity contribution in [3.8, 4) is 0 Å². The lowest BCUT2D eigenvalue weighted by Gasteiger charge is -2.12. The number of nitrogens with zero attached hydrogens (tertiary/aromatic N) is 1. The van der Waals surface area contributed by atoms with Gasteiger partial charge in [0.15, 0.2) is 5.78 Å². The minimum Gasteiger partial charge on any atom is -0.462 e. The zero-order chi connectivity index (χ0) is 16.2. The molecule has 0 amide bonds. The van der Waals surface area contributed by atoms with Crippen LogP contribution in [0.2, 0.25) is 0 Å². The van der Waals surface area contributed by atoms with Crippen molar-refractivity contribution in [3.05, 3.63) is 22.5 Å². The molecule has 0 radical (unpaired) electrons. The van der Waals surface area contributed by atoms with Crippen LogP contribution in [-0.4, -0.2) is 52.4 Å². The van der Waals surface area contributed by atoms with Gasteiger partial charge < -0.3 is 14.6 Å². The van der Waals surface area contributed by atoms with E-state index in [9.17, 15) is 9.59 Å². The number of rotatable bonds is 5. The molecule has 0 atom stereocenters. The number of aryl methyl sites for hydroxylation is 2. The van der Waals surface area contributed by atoms with Crippen LogP contribution < -0.4 is 0 Å². The molecule has 0 aliphatic rings. The highest BCUT2D eigenvalue weighted by molar-refractivity contribution is 8.23. The number of esters is 1. The molecular weight excluding hydrogens is 308 g/mol. The van der Waals surface area contributed by atoms with Gasteiger partial charge in [-0.25, -0.2) is 4.79 Å². The SMILES string of the molecule is CCOC(=O)c1c(C)[nH]c(C)c1C(=O)CSC(=S)N(C)C. The number of thioether (sulfide) groups is 1. The first-order valence-electron chi connectivity index (χ1n) is 6.53. The Kier molecular flexibility index (Phi) is 6.42. The summed E-state index contributed by atoms with van der Waals surface area (Å²) in [7, 11) is 3.66.